The Hall–Kier alpha value is -2.64. The zero-order valence-corrected chi connectivity index (χ0v) is 20.6. The van der Waals surface area contributed by atoms with Crippen molar-refractivity contribution in [2.75, 3.05) is 29.5 Å². The normalized spacial score (nSPS) is 13.2. The van der Waals surface area contributed by atoms with E-state index >= 15 is 0 Å². The van der Waals surface area contributed by atoms with Crippen molar-refractivity contribution in [2.45, 2.75) is 25.2 Å². The number of benzene rings is 3. The molecule has 0 fully saturated rings. The van der Waals surface area contributed by atoms with Crippen LogP contribution in [0, 0.1) is 5.92 Å². The highest BCUT2D eigenvalue weighted by Crippen LogP contribution is 2.31. The van der Waals surface area contributed by atoms with Crippen molar-refractivity contribution in [1.82, 2.24) is 0 Å². The quantitative estimate of drug-likeness (QED) is 0.418. The van der Waals surface area contributed by atoms with Gasteiger partial charge >= 0.3 is 0 Å². The molecule has 0 aliphatic heterocycles. The highest BCUT2D eigenvalue weighted by molar-refractivity contribution is 8.02. The zero-order valence-electron chi connectivity index (χ0n) is 19.0. The van der Waals surface area contributed by atoms with E-state index in [0.29, 0.717) is 22.7 Å². The van der Waals surface area contributed by atoms with Gasteiger partial charge in [0, 0.05) is 47.7 Å². The van der Waals surface area contributed by atoms with Crippen LogP contribution in [0.3, 0.4) is 0 Å². The van der Waals surface area contributed by atoms with Gasteiger partial charge in [0.15, 0.2) is 0 Å². The molecule has 0 spiro atoms. The van der Waals surface area contributed by atoms with E-state index in [2.05, 4.69) is 18.6 Å². The van der Waals surface area contributed by atoms with Gasteiger partial charge < -0.3 is 10.6 Å². The van der Waals surface area contributed by atoms with Crippen molar-refractivity contribution >= 4 is 49.6 Å². The van der Waals surface area contributed by atoms with Gasteiger partial charge in [0.2, 0.25) is 0 Å². The van der Waals surface area contributed by atoms with Crippen LogP contribution in [0.15, 0.2) is 71.0 Å². The van der Waals surface area contributed by atoms with Gasteiger partial charge in [0.1, 0.15) is 0 Å². The second kappa shape index (κ2) is 10.3. The lowest BCUT2D eigenvalue weighted by atomic mass is 10.1. The Kier molecular flexibility index (Phi) is 7.74. The molecule has 5 nitrogen and oxygen atoms in total. The molecule has 0 saturated heterocycles. The van der Waals surface area contributed by atoms with Gasteiger partial charge in [-0.1, -0.05) is 56.7 Å². The van der Waals surface area contributed by atoms with E-state index in [9.17, 15) is 8.42 Å². The first kappa shape index (κ1) is 24.0. The first-order valence-corrected chi connectivity index (χ1v) is 13.2. The molecule has 3 aromatic rings. The maximum Gasteiger partial charge on any atom is 0.262 e. The van der Waals surface area contributed by atoms with Crippen molar-refractivity contribution in [2.24, 2.45) is 11.7 Å². The molecule has 0 amide bonds. The number of nitrogens with zero attached hydrogens (tertiary/aromatic N) is 1. The SMILES string of the molecule is CCC(C)CS/C=C(\N)c1cccc(NS(=O)(=O)c2cccc3c(N(C)C)cccc23)c1. The van der Waals surface area contributed by atoms with E-state index in [-0.39, 0.29) is 4.90 Å². The summed E-state index contributed by atoms with van der Waals surface area (Å²) in [6.07, 6.45) is 1.13. The van der Waals surface area contributed by atoms with Crippen LogP contribution in [0.5, 0.6) is 0 Å². The monoisotopic (exact) mass is 469 g/mol. The largest absolute Gasteiger partial charge is 0.398 e. The number of anilines is 2. The molecule has 0 aliphatic rings. The van der Waals surface area contributed by atoms with Crippen LogP contribution in [0.1, 0.15) is 25.8 Å². The third kappa shape index (κ3) is 5.58. The lowest BCUT2D eigenvalue weighted by Crippen LogP contribution is -2.14. The van der Waals surface area contributed by atoms with Gasteiger partial charge in [-0.25, -0.2) is 8.42 Å². The summed E-state index contributed by atoms with van der Waals surface area (Å²) in [5.41, 5.74) is 9.10. The van der Waals surface area contributed by atoms with Crippen LogP contribution in [0.2, 0.25) is 0 Å². The Bertz CT molecular complexity index is 1220. The number of hydrogen-bond acceptors (Lipinski definition) is 5. The van der Waals surface area contributed by atoms with E-state index in [1.165, 1.54) is 0 Å². The number of nitrogens with two attached hydrogens (primary N) is 1. The Morgan fingerprint density at radius 1 is 1.09 bits per heavy atom. The second-order valence-corrected chi connectivity index (χ2v) is 10.7. The molecule has 3 aromatic carbocycles. The van der Waals surface area contributed by atoms with Crippen molar-refractivity contribution in [1.29, 1.82) is 0 Å². The summed E-state index contributed by atoms with van der Waals surface area (Å²) in [7, 11) is 0.0961. The fourth-order valence-corrected chi connectivity index (χ4v) is 5.60. The standard InChI is InChI=1S/C25H31N3O2S2/c1-5-18(2)16-31-17-23(26)19-9-6-10-20(15-19)27-32(29,30)25-14-8-11-21-22(25)12-7-13-24(21)28(3)4/h6-15,17-18,27H,5,16,26H2,1-4H3/b23-17-. The lowest BCUT2D eigenvalue weighted by molar-refractivity contribution is 0.602. The number of rotatable bonds is 9. The van der Waals surface area contributed by atoms with Gasteiger partial charge in [0.05, 0.1) is 4.90 Å². The third-order valence-corrected chi connectivity index (χ3v) is 7.99. The van der Waals surface area contributed by atoms with E-state index in [1.54, 1.807) is 42.1 Å². The highest BCUT2D eigenvalue weighted by Gasteiger charge is 2.19. The summed E-state index contributed by atoms with van der Waals surface area (Å²) in [4.78, 5) is 2.22. The minimum absolute atomic E-state index is 0.247. The maximum absolute atomic E-state index is 13.3. The molecule has 3 N–H and O–H groups in total. The fourth-order valence-electron chi connectivity index (χ4n) is 3.35. The number of fused-ring (bicyclic) bond motifs is 1. The molecule has 7 heteroatoms. The summed E-state index contributed by atoms with van der Waals surface area (Å²) >= 11 is 1.68. The van der Waals surface area contributed by atoms with Crippen LogP contribution >= 0.6 is 11.8 Å². The van der Waals surface area contributed by atoms with E-state index in [1.807, 2.05) is 54.7 Å². The molecule has 170 valence electrons. The van der Waals surface area contributed by atoms with Crippen molar-refractivity contribution in [3.8, 4) is 0 Å². The van der Waals surface area contributed by atoms with Crippen LogP contribution in [0.25, 0.3) is 16.5 Å². The Labute approximate surface area is 195 Å². The summed E-state index contributed by atoms with van der Waals surface area (Å²) in [5.74, 6) is 1.62. The summed E-state index contributed by atoms with van der Waals surface area (Å²) < 4.78 is 29.3. The molecule has 1 atom stereocenters. The molecule has 0 bridgehead atoms. The van der Waals surface area contributed by atoms with E-state index in [4.69, 9.17) is 5.73 Å². The summed E-state index contributed by atoms with van der Waals surface area (Å²) in [5, 5.41) is 3.51. The van der Waals surface area contributed by atoms with E-state index in [0.717, 1.165) is 28.8 Å². The van der Waals surface area contributed by atoms with Crippen molar-refractivity contribution < 1.29 is 8.42 Å². The van der Waals surface area contributed by atoms with Crippen LogP contribution < -0.4 is 15.4 Å². The molecule has 32 heavy (non-hydrogen) atoms. The van der Waals surface area contributed by atoms with E-state index < -0.39 is 10.0 Å². The molecule has 0 saturated carbocycles. The molecule has 0 radical (unpaired) electrons. The lowest BCUT2D eigenvalue weighted by Gasteiger charge is -2.17. The minimum atomic E-state index is -3.79. The topological polar surface area (TPSA) is 75.4 Å². The van der Waals surface area contributed by atoms with Gasteiger partial charge in [-0.2, -0.15) is 0 Å². The van der Waals surface area contributed by atoms with Crippen LogP contribution in [0.4, 0.5) is 11.4 Å². The first-order valence-electron chi connectivity index (χ1n) is 10.6. The van der Waals surface area contributed by atoms with Gasteiger partial charge in [-0.15, -0.1) is 11.8 Å². The molecular formula is C25H31N3O2S2. The molecular weight excluding hydrogens is 438 g/mol. The Balaban J connectivity index is 1.89. The Morgan fingerprint density at radius 3 is 2.50 bits per heavy atom. The number of hydrogen-bond donors (Lipinski definition) is 2. The predicted molar refractivity (Wildman–Crippen MR) is 140 cm³/mol. The molecule has 0 heterocycles. The number of thioether (sulfide) groups is 1. The van der Waals surface area contributed by atoms with Gasteiger partial charge in [-0.05, 0) is 41.2 Å². The minimum Gasteiger partial charge on any atom is -0.398 e. The molecule has 0 aromatic heterocycles. The average Bonchev–Trinajstić information content (AvgIpc) is 2.77. The van der Waals surface area contributed by atoms with Gasteiger partial charge in [0.25, 0.3) is 10.0 Å². The first-order chi connectivity index (χ1) is 15.2. The average molecular weight is 470 g/mol. The van der Waals surface area contributed by atoms with Crippen molar-refractivity contribution in [3.63, 3.8) is 0 Å². The molecule has 3 rings (SSSR count). The summed E-state index contributed by atoms with van der Waals surface area (Å²) in [6.45, 7) is 4.38. The second-order valence-electron chi connectivity index (χ2n) is 8.13. The van der Waals surface area contributed by atoms with Crippen molar-refractivity contribution in [3.05, 3.63) is 71.6 Å². The summed E-state index contributed by atoms with van der Waals surface area (Å²) in [6, 6.07) is 18.2. The Morgan fingerprint density at radius 2 is 1.78 bits per heavy atom. The third-order valence-electron chi connectivity index (χ3n) is 5.37. The molecule has 0 aliphatic carbocycles. The van der Waals surface area contributed by atoms with Crippen LogP contribution in [-0.2, 0) is 10.0 Å². The molecule has 1 unspecified atom stereocenters. The predicted octanol–water partition coefficient (Wildman–Crippen LogP) is 5.74. The number of nitrogens with one attached hydrogen (secondary N) is 1. The van der Waals surface area contributed by atoms with Crippen LogP contribution in [-0.4, -0.2) is 28.3 Å². The maximum atomic E-state index is 13.3. The zero-order chi connectivity index (χ0) is 23.3. The highest BCUT2D eigenvalue weighted by atomic mass is 32.2. The van der Waals surface area contributed by atoms with Gasteiger partial charge in [-0.3, -0.25) is 4.72 Å². The fraction of sp³-hybridized carbons (Fsp3) is 0.280. The number of sulfonamides is 1. The smallest absolute Gasteiger partial charge is 0.262 e.